The number of benzene rings is 4. The lowest BCUT2D eigenvalue weighted by molar-refractivity contribution is -0.216. The fourth-order valence-corrected chi connectivity index (χ4v) is 12.4. The van der Waals surface area contributed by atoms with E-state index in [9.17, 15) is 0 Å². The Labute approximate surface area is 287 Å². The van der Waals surface area contributed by atoms with Crippen molar-refractivity contribution in [3.05, 3.63) is 121 Å². The Hall–Kier alpha value is -4.45. The summed E-state index contributed by atoms with van der Waals surface area (Å²) in [5.41, 5.74) is 7.42. The third kappa shape index (κ3) is 5.17. The van der Waals surface area contributed by atoms with Gasteiger partial charge in [-0.25, -0.2) is 15.0 Å². The van der Waals surface area contributed by atoms with E-state index in [4.69, 9.17) is 24.4 Å². The highest BCUT2D eigenvalue weighted by molar-refractivity contribution is 6.99. The van der Waals surface area contributed by atoms with Crippen molar-refractivity contribution in [2.75, 3.05) is 12.3 Å². The molecule has 2 aliphatic heterocycles. The van der Waals surface area contributed by atoms with Gasteiger partial charge in [0.15, 0.2) is 17.7 Å². The molecule has 2 N–H and O–H groups in total. The van der Waals surface area contributed by atoms with Crippen LogP contribution >= 0.6 is 0 Å². The van der Waals surface area contributed by atoms with Crippen LogP contribution in [-0.2, 0) is 25.2 Å². The SMILES string of the molecule is C[C@@H]1O[C@H]2[C@H](n3cnc4c(N)ncnc43)O[C@]1(CO[Si](c1ccccc1)(c1ccccc1)C(C)(C)C)[C@H]2OCc1ccc2ccccc2c1. The lowest BCUT2D eigenvalue weighted by Gasteiger charge is -2.46. The molecule has 2 aliphatic rings. The first-order valence-electron chi connectivity index (χ1n) is 16.8. The molecule has 2 fully saturated rings. The second-order valence-corrected chi connectivity index (χ2v) is 18.5. The van der Waals surface area contributed by atoms with Crippen molar-refractivity contribution in [2.45, 2.75) is 69.5 Å². The van der Waals surface area contributed by atoms with Crippen molar-refractivity contribution in [1.82, 2.24) is 19.5 Å². The Balaban J connectivity index is 1.20. The molecule has 9 nitrogen and oxygen atoms in total. The molecule has 2 aromatic heterocycles. The molecule has 8 rings (SSSR count). The predicted octanol–water partition coefficient (Wildman–Crippen LogP) is 5.78. The first kappa shape index (κ1) is 31.8. The average molecular weight is 672 g/mol. The summed E-state index contributed by atoms with van der Waals surface area (Å²) in [7, 11) is -2.93. The summed E-state index contributed by atoms with van der Waals surface area (Å²) in [5.74, 6) is 0.315. The van der Waals surface area contributed by atoms with E-state index in [-0.39, 0.29) is 17.7 Å². The number of rotatable bonds is 9. The van der Waals surface area contributed by atoms with E-state index in [0.29, 0.717) is 23.6 Å². The first-order valence-corrected chi connectivity index (χ1v) is 18.7. The smallest absolute Gasteiger partial charge is 0.261 e. The van der Waals surface area contributed by atoms with Crippen LogP contribution in [0.1, 0.15) is 39.5 Å². The van der Waals surface area contributed by atoms with E-state index >= 15 is 0 Å². The van der Waals surface area contributed by atoms with Crippen LogP contribution in [0.15, 0.2) is 116 Å². The molecule has 0 amide bonds. The molecule has 49 heavy (non-hydrogen) atoms. The standard InChI is InChI=1S/C39H41N5O4Si/c1-26-39(23-46-49(38(2,3)4,30-15-7-5-8-16-30)31-17-9-6-10-18-31)34(45-22-27-19-20-28-13-11-12-14-29(28)21-27)33(47-26)37(48-39)44-25-43-32-35(40)41-24-42-36(32)44/h5-21,24-26,33-34,37H,22-23H2,1-4H3,(H2,40,41,42)/t26-,33+,34-,37+,39-/m0/s1. The largest absolute Gasteiger partial charge is 0.404 e. The molecule has 4 heterocycles. The topological polar surface area (TPSA) is 107 Å². The number of nitrogens with zero attached hydrogens (tertiary/aromatic N) is 4. The summed E-state index contributed by atoms with van der Waals surface area (Å²) < 4.78 is 30.3. The zero-order valence-corrected chi connectivity index (χ0v) is 29.2. The quantitative estimate of drug-likeness (QED) is 0.193. The minimum atomic E-state index is -2.93. The molecule has 250 valence electrons. The predicted molar refractivity (Wildman–Crippen MR) is 193 cm³/mol. The highest BCUT2D eigenvalue weighted by Crippen LogP contribution is 2.52. The Kier molecular flexibility index (Phi) is 7.88. The fraction of sp³-hybridized carbons (Fsp3) is 0.308. The van der Waals surface area contributed by atoms with Crippen LogP contribution in [0.3, 0.4) is 0 Å². The van der Waals surface area contributed by atoms with E-state index in [0.717, 1.165) is 5.56 Å². The number of imidazole rings is 1. The lowest BCUT2D eigenvalue weighted by atomic mass is 9.94. The molecule has 0 radical (unpaired) electrons. The highest BCUT2D eigenvalue weighted by atomic mass is 28.4. The van der Waals surface area contributed by atoms with Gasteiger partial charge < -0.3 is 24.4 Å². The normalized spacial score (nSPS) is 23.8. The number of nitrogen functional groups attached to an aromatic ring is 1. The number of hydrogen-bond acceptors (Lipinski definition) is 8. The van der Waals surface area contributed by atoms with Crippen LogP contribution < -0.4 is 16.1 Å². The van der Waals surface area contributed by atoms with Crippen LogP contribution in [0.4, 0.5) is 5.82 Å². The van der Waals surface area contributed by atoms with E-state index < -0.39 is 32.4 Å². The highest BCUT2D eigenvalue weighted by Gasteiger charge is 2.68. The van der Waals surface area contributed by atoms with Crippen molar-refractivity contribution in [3.8, 4) is 0 Å². The Morgan fingerprint density at radius 1 is 0.857 bits per heavy atom. The zero-order valence-electron chi connectivity index (χ0n) is 28.2. The van der Waals surface area contributed by atoms with Crippen LogP contribution in [0.5, 0.6) is 0 Å². The van der Waals surface area contributed by atoms with Gasteiger partial charge in [-0.2, -0.15) is 0 Å². The molecular formula is C39H41N5O4Si. The maximum absolute atomic E-state index is 7.54. The maximum Gasteiger partial charge on any atom is 0.261 e. The van der Waals surface area contributed by atoms with Gasteiger partial charge in [-0.05, 0) is 44.7 Å². The van der Waals surface area contributed by atoms with Crippen molar-refractivity contribution >= 4 is 46.4 Å². The van der Waals surface area contributed by atoms with Gasteiger partial charge in [0, 0.05) is 0 Å². The van der Waals surface area contributed by atoms with Gasteiger partial charge >= 0.3 is 0 Å². The van der Waals surface area contributed by atoms with Gasteiger partial charge in [0.25, 0.3) is 8.32 Å². The minimum absolute atomic E-state index is 0.219. The summed E-state index contributed by atoms with van der Waals surface area (Å²) in [6.45, 7) is 9.55. The van der Waals surface area contributed by atoms with E-state index in [2.05, 4.69) is 146 Å². The Bertz CT molecular complexity index is 2060. The van der Waals surface area contributed by atoms with Gasteiger partial charge in [-0.3, -0.25) is 4.57 Å². The molecular weight excluding hydrogens is 631 g/mol. The van der Waals surface area contributed by atoms with E-state index in [1.54, 1.807) is 6.33 Å². The number of anilines is 1. The summed E-state index contributed by atoms with van der Waals surface area (Å²) in [6, 6.07) is 36.1. The van der Waals surface area contributed by atoms with Crippen LogP contribution in [0.2, 0.25) is 5.04 Å². The van der Waals surface area contributed by atoms with Gasteiger partial charge in [0.2, 0.25) is 0 Å². The third-order valence-corrected chi connectivity index (χ3v) is 15.3. The summed E-state index contributed by atoms with van der Waals surface area (Å²) in [6.07, 6.45) is 1.36. The van der Waals surface area contributed by atoms with E-state index in [1.807, 2.05) is 4.57 Å². The van der Waals surface area contributed by atoms with Crippen molar-refractivity contribution in [3.63, 3.8) is 0 Å². The second kappa shape index (κ2) is 12.2. The minimum Gasteiger partial charge on any atom is -0.404 e. The van der Waals surface area contributed by atoms with Crippen LogP contribution in [0, 0.1) is 0 Å². The van der Waals surface area contributed by atoms with Crippen molar-refractivity contribution < 1.29 is 18.6 Å². The number of nitrogens with two attached hydrogens (primary N) is 1. The molecule has 10 heteroatoms. The van der Waals surface area contributed by atoms with Gasteiger partial charge in [0.1, 0.15) is 29.7 Å². The van der Waals surface area contributed by atoms with Crippen LogP contribution in [-0.4, -0.2) is 58.4 Å². The molecule has 2 bridgehead atoms. The molecule has 5 atom stereocenters. The average Bonchev–Trinajstić information content (AvgIpc) is 3.76. The molecule has 0 aliphatic carbocycles. The molecule has 2 saturated heterocycles. The monoisotopic (exact) mass is 671 g/mol. The summed E-state index contributed by atoms with van der Waals surface area (Å²) in [4.78, 5) is 13.2. The Morgan fingerprint density at radius 2 is 1.53 bits per heavy atom. The summed E-state index contributed by atoms with van der Waals surface area (Å²) in [5, 5.41) is 4.54. The Morgan fingerprint density at radius 3 is 2.22 bits per heavy atom. The zero-order chi connectivity index (χ0) is 33.8. The van der Waals surface area contributed by atoms with Gasteiger partial charge in [-0.1, -0.05) is 118 Å². The first-order chi connectivity index (χ1) is 23.7. The number of hydrogen-bond donors (Lipinski definition) is 1. The van der Waals surface area contributed by atoms with Gasteiger partial charge in [0.05, 0.1) is 25.6 Å². The second-order valence-electron chi connectivity index (χ2n) is 14.2. The maximum atomic E-state index is 7.54. The molecule has 4 aromatic carbocycles. The number of aromatic nitrogens is 4. The number of ether oxygens (including phenoxy) is 3. The summed E-state index contributed by atoms with van der Waals surface area (Å²) >= 11 is 0. The van der Waals surface area contributed by atoms with Gasteiger partial charge in [-0.15, -0.1) is 0 Å². The molecule has 0 saturated carbocycles. The number of fused-ring (bicyclic) bond motifs is 4. The molecule has 0 unspecified atom stereocenters. The molecule has 6 aromatic rings. The van der Waals surface area contributed by atoms with E-state index in [1.165, 1.54) is 27.5 Å². The lowest BCUT2D eigenvalue weighted by Crippen LogP contribution is -2.68. The molecule has 0 spiro atoms. The van der Waals surface area contributed by atoms with Crippen molar-refractivity contribution in [1.29, 1.82) is 0 Å². The fourth-order valence-electron chi connectivity index (χ4n) is 7.84. The van der Waals surface area contributed by atoms with Crippen LogP contribution in [0.25, 0.3) is 21.9 Å². The third-order valence-electron chi connectivity index (χ3n) is 10.3. The van der Waals surface area contributed by atoms with Crippen molar-refractivity contribution in [2.24, 2.45) is 0 Å².